The lowest BCUT2D eigenvalue weighted by molar-refractivity contribution is -0.137. The summed E-state index contributed by atoms with van der Waals surface area (Å²) in [5.74, 6) is -2.62. The third kappa shape index (κ3) is 3.80. The molecule has 0 radical (unpaired) electrons. The van der Waals surface area contributed by atoms with Gasteiger partial charge >= 0.3 is 12.1 Å². The standard InChI is InChI=1S/C17H11F3N2O4S/c18-17(19,20)9-3-1-4-10(7-9)22-13(23)8-12(15(22)24)27-14-11(16(25)26)5-2-6-21-14/h1-7,12H,8H2,(H,25,26)/t12-/m0/s1. The van der Waals surface area contributed by atoms with Gasteiger partial charge in [0.1, 0.15) is 5.03 Å². The predicted octanol–water partition coefficient (Wildman–Crippen LogP) is 3.22. The Hall–Kier alpha value is -2.88. The van der Waals surface area contributed by atoms with E-state index in [0.717, 1.165) is 30.0 Å². The summed E-state index contributed by atoms with van der Waals surface area (Å²) in [6.07, 6.45) is -3.53. The summed E-state index contributed by atoms with van der Waals surface area (Å²) in [6, 6.07) is 6.65. The quantitative estimate of drug-likeness (QED) is 0.799. The first-order valence-corrected chi connectivity index (χ1v) is 8.45. The number of rotatable bonds is 4. The van der Waals surface area contributed by atoms with Gasteiger partial charge in [0, 0.05) is 12.6 Å². The van der Waals surface area contributed by atoms with Crippen LogP contribution in [0.3, 0.4) is 0 Å². The summed E-state index contributed by atoms with van der Waals surface area (Å²) in [5.41, 5.74) is -1.28. The first-order chi connectivity index (χ1) is 12.7. The molecular formula is C17H11F3N2O4S. The van der Waals surface area contributed by atoms with E-state index in [1.807, 2.05) is 0 Å². The summed E-state index contributed by atoms with van der Waals surface area (Å²) < 4.78 is 38.6. The van der Waals surface area contributed by atoms with Crippen LogP contribution < -0.4 is 4.90 Å². The SMILES string of the molecule is O=C(O)c1cccnc1S[C@H]1CC(=O)N(c2cccc(C(F)(F)F)c2)C1=O. The van der Waals surface area contributed by atoms with Crippen molar-refractivity contribution in [2.75, 3.05) is 4.90 Å². The van der Waals surface area contributed by atoms with Gasteiger partial charge in [0.05, 0.1) is 22.1 Å². The molecule has 2 heterocycles. The summed E-state index contributed by atoms with van der Waals surface area (Å²) in [7, 11) is 0. The maximum Gasteiger partial charge on any atom is 0.416 e. The van der Waals surface area contributed by atoms with Gasteiger partial charge in [-0.15, -0.1) is 0 Å². The van der Waals surface area contributed by atoms with E-state index in [9.17, 15) is 32.7 Å². The average molecular weight is 396 g/mol. The van der Waals surface area contributed by atoms with E-state index in [2.05, 4.69) is 4.98 Å². The molecule has 1 aromatic heterocycles. The van der Waals surface area contributed by atoms with Gasteiger partial charge in [-0.3, -0.25) is 9.59 Å². The minimum atomic E-state index is -4.61. The molecule has 6 nitrogen and oxygen atoms in total. The summed E-state index contributed by atoms with van der Waals surface area (Å²) >= 11 is 0.800. The van der Waals surface area contributed by atoms with Crippen LogP contribution in [0.25, 0.3) is 0 Å². The van der Waals surface area contributed by atoms with Crippen LogP contribution in [-0.2, 0) is 15.8 Å². The number of imide groups is 1. The number of carboxylic acids is 1. The number of alkyl halides is 3. The van der Waals surface area contributed by atoms with E-state index in [4.69, 9.17) is 0 Å². The van der Waals surface area contributed by atoms with Crippen molar-refractivity contribution in [3.8, 4) is 0 Å². The molecule has 3 rings (SSSR count). The first kappa shape index (κ1) is 18.9. The number of aromatic nitrogens is 1. The second-order valence-electron chi connectivity index (χ2n) is 5.59. The minimum absolute atomic E-state index is 0.0574. The zero-order valence-electron chi connectivity index (χ0n) is 13.4. The molecule has 2 aromatic rings. The van der Waals surface area contributed by atoms with Gasteiger partial charge in [-0.1, -0.05) is 17.8 Å². The fraction of sp³-hybridized carbons (Fsp3) is 0.176. The van der Waals surface area contributed by atoms with E-state index >= 15 is 0 Å². The van der Waals surface area contributed by atoms with Crippen molar-refractivity contribution in [2.24, 2.45) is 0 Å². The topological polar surface area (TPSA) is 87.6 Å². The second-order valence-corrected chi connectivity index (χ2v) is 6.78. The number of carbonyl (C=O) groups is 3. The Morgan fingerprint density at radius 1 is 1.22 bits per heavy atom. The largest absolute Gasteiger partial charge is 0.478 e. The number of nitrogens with zero attached hydrogens (tertiary/aromatic N) is 2. The Morgan fingerprint density at radius 3 is 2.63 bits per heavy atom. The number of aromatic carboxylic acids is 1. The van der Waals surface area contributed by atoms with E-state index in [-0.39, 0.29) is 22.7 Å². The lowest BCUT2D eigenvalue weighted by atomic mass is 10.2. The Kier molecular flexibility index (Phi) is 4.92. The fourth-order valence-corrected chi connectivity index (χ4v) is 3.68. The Morgan fingerprint density at radius 2 is 1.96 bits per heavy atom. The van der Waals surface area contributed by atoms with Crippen LogP contribution in [0.1, 0.15) is 22.3 Å². The Balaban J connectivity index is 1.87. The van der Waals surface area contributed by atoms with Crippen molar-refractivity contribution in [3.63, 3.8) is 0 Å². The molecule has 1 atom stereocenters. The fourth-order valence-electron chi connectivity index (χ4n) is 2.57. The van der Waals surface area contributed by atoms with Gasteiger partial charge in [0.25, 0.3) is 0 Å². The van der Waals surface area contributed by atoms with Gasteiger partial charge in [-0.25, -0.2) is 14.7 Å². The number of carbonyl (C=O) groups excluding carboxylic acids is 2. The molecule has 0 spiro atoms. The summed E-state index contributed by atoms with van der Waals surface area (Å²) in [5, 5.41) is 8.26. The van der Waals surface area contributed by atoms with Crippen molar-refractivity contribution >= 4 is 35.2 Å². The van der Waals surface area contributed by atoms with Crippen molar-refractivity contribution in [1.82, 2.24) is 4.98 Å². The van der Waals surface area contributed by atoms with Gasteiger partial charge in [-0.2, -0.15) is 13.2 Å². The maximum atomic E-state index is 12.9. The normalized spacial score (nSPS) is 17.4. The molecule has 1 saturated heterocycles. The maximum absolute atomic E-state index is 12.9. The first-order valence-electron chi connectivity index (χ1n) is 7.57. The zero-order valence-corrected chi connectivity index (χ0v) is 14.3. The highest BCUT2D eigenvalue weighted by molar-refractivity contribution is 8.00. The number of benzene rings is 1. The van der Waals surface area contributed by atoms with Gasteiger partial charge < -0.3 is 5.11 Å². The Bertz CT molecular complexity index is 932. The van der Waals surface area contributed by atoms with Gasteiger partial charge in [0.15, 0.2) is 0 Å². The number of hydrogen-bond donors (Lipinski definition) is 1. The third-order valence-corrected chi connectivity index (χ3v) is 4.99. The number of carboxylic acid groups (broad SMARTS) is 1. The molecule has 140 valence electrons. The second kappa shape index (κ2) is 7.03. The number of amides is 2. The zero-order chi connectivity index (χ0) is 19.8. The van der Waals surface area contributed by atoms with Crippen LogP contribution in [0.2, 0.25) is 0 Å². The number of pyridine rings is 1. The van der Waals surface area contributed by atoms with E-state index in [1.165, 1.54) is 24.4 Å². The van der Waals surface area contributed by atoms with Crippen molar-refractivity contribution in [1.29, 1.82) is 0 Å². The van der Waals surface area contributed by atoms with Crippen LogP contribution in [0.15, 0.2) is 47.6 Å². The van der Waals surface area contributed by atoms with E-state index in [1.54, 1.807) is 0 Å². The molecule has 1 aromatic carbocycles. The monoisotopic (exact) mass is 396 g/mol. The van der Waals surface area contributed by atoms with Crippen LogP contribution in [-0.4, -0.2) is 33.1 Å². The molecule has 0 aliphatic carbocycles. The van der Waals surface area contributed by atoms with Crippen LogP contribution in [0.5, 0.6) is 0 Å². The molecule has 1 aliphatic rings. The summed E-state index contributed by atoms with van der Waals surface area (Å²) in [4.78, 5) is 40.7. The van der Waals surface area contributed by atoms with E-state index < -0.39 is 34.8 Å². The smallest absolute Gasteiger partial charge is 0.416 e. The van der Waals surface area contributed by atoms with E-state index in [0.29, 0.717) is 4.90 Å². The Labute approximate surface area is 155 Å². The number of halogens is 3. The van der Waals surface area contributed by atoms with Crippen LogP contribution in [0, 0.1) is 0 Å². The molecule has 2 amide bonds. The number of thioether (sulfide) groups is 1. The predicted molar refractivity (Wildman–Crippen MR) is 89.4 cm³/mol. The van der Waals surface area contributed by atoms with Gasteiger partial charge in [-0.05, 0) is 30.3 Å². The van der Waals surface area contributed by atoms with Crippen LogP contribution >= 0.6 is 11.8 Å². The lowest BCUT2D eigenvalue weighted by Crippen LogP contribution is -2.31. The molecule has 1 aliphatic heterocycles. The number of anilines is 1. The average Bonchev–Trinajstić information content (AvgIpc) is 2.88. The highest BCUT2D eigenvalue weighted by Gasteiger charge is 2.41. The van der Waals surface area contributed by atoms with Gasteiger partial charge in [0.2, 0.25) is 11.8 Å². The molecule has 0 unspecified atom stereocenters. The lowest BCUT2D eigenvalue weighted by Gasteiger charge is -2.17. The summed E-state index contributed by atoms with van der Waals surface area (Å²) in [6.45, 7) is 0. The highest BCUT2D eigenvalue weighted by atomic mass is 32.2. The van der Waals surface area contributed by atoms with Crippen LogP contribution in [0.4, 0.5) is 18.9 Å². The molecule has 0 saturated carbocycles. The van der Waals surface area contributed by atoms with Crippen molar-refractivity contribution in [2.45, 2.75) is 22.9 Å². The highest BCUT2D eigenvalue weighted by Crippen LogP contribution is 2.36. The van der Waals surface area contributed by atoms with Crippen molar-refractivity contribution in [3.05, 3.63) is 53.7 Å². The molecular weight excluding hydrogens is 385 g/mol. The third-order valence-electron chi connectivity index (χ3n) is 3.79. The molecule has 10 heteroatoms. The van der Waals surface area contributed by atoms with Crippen molar-refractivity contribution < 1.29 is 32.7 Å². The minimum Gasteiger partial charge on any atom is -0.478 e. The molecule has 1 N–H and O–H groups in total. The molecule has 0 bridgehead atoms. The molecule has 1 fully saturated rings. The molecule has 27 heavy (non-hydrogen) atoms. The number of hydrogen-bond acceptors (Lipinski definition) is 5.